The molecule has 1 aromatic rings. The summed E-state index contributed by atoms with van der Waals surface area (Å²) < 4.78 is 10.3. The molecule has 0 spiro atoms. The number of phenolic OH excluding ortho intramolecular Hbond substituents is 1. The summed E-state index contributed by atoms with van der Waals surface area (Å²) in [5.74, 6) is -1.08. The second-order valence-corrected chi connectivity index (χ2v) is 9.70. The van der Waals surface area contributed by atoms with Crippen molar-refractivity contribution in [3.05, 3.63) is 41.1 Å². The minimum Gasteiger partial charge on any atom is -0.507 e. The van der Waals surface area contributed by atoms with E-state index in [1.807, 2.05) is 53.7 Å². The number of carbonyl (C=O) groups excluding carboxylic acids is 2. The van der Waals surface area contributed by atoms with Gasteiger partial charge in [0.15, 0.2) is 0 Å². The average Bonchev–Trinajstić information content (AvgIpc) is 2.59. The predicted molar refractivity (Wildman–Crippen MR) is 115 cm³/mol. The third-order valence-corrected chi connectivity index (χ3v) is 5.16. The van der Waals surface area contributed by atoms with E-state index in [-0.39, 0.29) is 35.5 Å². The van der Waals surface area contributed by atoms with Crippen LogP contribution in [0.3, 0.4) is 0 Å². The van der Waals surface area contributed by atoms with Gasteiger partial charge in [-0.25, -0.2) is 4.79 Å². The largest absolute Gasteiger partial charge is 0.507 e. The van der Waals surface area contributed by atoms with E-state index in [0.29, 0.717) is 5.56 Å². The molecule has 0 radical (unpaired) electrons. The van der Waals surface area contributed by atoms with Crippen molar-refractivity contribution in [2.75, 3.05) is 20.3 Å². The number of hydrogen-bond acceptors (Lipinski definition) is 5. The van der Waals surface area contributed by atoms with Crippen molar-refractivity contribution in [3.63, 3.8) is 0 Å². The van der Waals surface area contributed by atoms with Gasteiger partial charge in [-0.2, -0.15) is 0 Å². The number of phenols is 1. The molecule has 0 saturated carbocycles. The number of amides is 2. The van der Waals surface area contributed by atoms with Crippen molar-refractivity contribution in [3.8, 4) is 5.75 Å². The molecule has 2 rings (SSSR count). The van der Waals surface area contributed by atoms with E-state index < -0.39 is 24.0 Å². The van der Waals surface area contributed by atoms with Crippen LogP contribution in [0.1, 0.15) is 64.3 Å². The summed E-state index contributed by atoms with van der Waals surface area (Å²) in [6.45, 7) is 16.3. The highest BCUT2D eigenvalue weighted by Gasteiger charge is 2.40. The number of nitrogens with one attached hydrogen (secondary N) is 2. The molecular formula is C23H34N2O5. The van der Waals surface area contributed by atoms with Crippen LogP contribution in [0.2, 0.25) is 0 Å². The average molecular weight is 419 g/mol. The van der Waals surface area contributed by atoms with E-state index >= 15 is 0 Å². The van der Waals surface area contributed by atoms with Crippen molar-refractivity contribution < 1.29 is 24.2 Å². The maximum absolute atomic E-state index is 12.8. The van der Waals surface area contributed by atoms with Gasteiger partial charge in [-0.1, -0.05) is 48.1 Å². The Hall–Kier alpha value is -2.54. The molecule has 1 saturated heterocycles. The van der Waals surface area contributed by atoms with Gasteiger partial charge in [0.2, 0.25) is 0 Å². The zero-order valence-corrected chi connectivity index (χ0v) is 19.0. The summed E-state index contributed by atoms with van der Waals surface area (Å²) in [6.07, 6.45) is 0. The van der Waals surface area contributed by atoms with Crippen molar-refractivity contribution in [2.24, 2.45) is 5.92 Å². The number of aromatic hydroxyl groups is 1. The lowest BCUT2D eigenvalue weighted by molar-refractivity contribution is -0.149. The van der Waals surface area contributed by atoms with Crippen LogP contribution in [0.15, 0.2) is 24.4 Å². The van der Waals surface area contributed by atoms with Gasteiger partial charge in [0.05, 0.1) is 12.6 Å². The molecule has 7 nitrogen and oxygen atoms in total. The molecule has 7 heteroatoms. The third kappa shape index (κ3) is 5.14. The molecule has 0 bridgehead atoms. The van der Waals surface area contributed by atoms with Crippen LogP contribution >= 0.6 is 0 Å². The molecular weight excluding hydrogens is 384 g/mol. The normalized spacial score (nSPS) is 19.8. The molecule has 1 aliphatic heterocycles. The minimum atomic E-state index is -0.815. The maximum Gasteiger partial charge on any atom is 0.319 e. The predicted octanol–water partition coefficient (Wildman–Crippen LogP) is 3.66. The van der Waals surface area contributed by atoms with Gasteiger partial charge in [-0.15, -0.1) is 0 Å². The van der Waals surface area contributed by atoms with Crippen molar-refractivity contribution >= 4 is 12.0 Å². The van der Waals surface area contributed by atoms with E-state index in [0.717, 1.165) is 11.1 Å². The maximum atomic E-state index is 12.8. The third-order valence-electron chi connectivity index (χ3n) is 5.16. The van der Waals surface area contributed by atoms with Crippen LogP contribution in [0, 0.1) is 5.92 Å². The number of esters is 1. The number of methoxy groups -OCH3 is 1. The molecule has 0 unspecified atom stereocenters. The Morgan fingerprint density at radius 3 is 2.10 bits per heavy atom. The Kier molecular flexibility index (Phi) is 6.87. The Morgan fingerprint density at radius 2 is 1.63 bits per heavy atom. The number of hydrogen-bond donors (Lipinski definition) is 3. The SMILES string of the molecule is C=C1NC(=O)N[C@H](c2cc(C(C)(C)C)c(O)c(C(C)(C)C)c2)[C@@H]1C(=O)OCCOC. The Morgan fingerprint density at radius 1 is 1.10 bits per heavy atom. The molecule has 166 valence electrons. The highest BCUT2D eigenvalue weighted by Crippen LogP contribution is 2.42. The molecule has 1 aliphatic rings. The van der Waals surface area contributed by atoms with E-state index in [2.05, 4.69) is 17.2 Å². The number of rotatable bonds is 5. The zero-order valence-electron chi connectivity index (χ0n) is 19.0. The molecule has 1 heterocycles. The van der Waals surface area contributed by atoms with Crippen LogP contribution in [0.25, 0.3) is 0 Å². The monoisotopic (exact) mass is 418 g/mol. The van der Waals surface area contributed by atoms with E-state index in [1.165, 1.54) is 7.11 Å². The first-order valence-electron chi connectivity index (χ1n) is 10.1. The molecule has 30 heavy (non-hydrogen) atoms. The molecule has 2 amide bonds. The topological polar surface area (TPSA) is 96.9 Å². The van der Waals surface area contributed by atoms with E-state index in [9.17, 15) is 14.7 Å². The van der Waals surface area contributed by atoms with Crippen molar-refractivity contribution in [2.45, 2.75) is 58.4 Å². The first-order valence-corrected chi connectivity index (χ1v) is 10.1. The lowest BCUT2D eigenvalue weighted by Crippen LogP contribution is -2.51. The van der Waals surface area contributed by atoms with Crippen LogP contribution < -0.4 is 10.6 Å². The zero-order chi connectivity index (χ0) is 22.9. The van der Waals surface area contributed by atoms with Gasteiger partial charge in [0, 0.05) is 12.8 Å². The van der Waals surface area contributed by atoms with Gasteiger partial charge in [0.25, 0.3) is 0 Å². The van der Waals surface area contributed by atoms with Gasteiger partial charge >= 0.3 is 12.0 Å². The second-order valence-electron chi connectivity index (χ2n) is 9.70. The standard InChI is InChI=1S/C23H34N2O5/c1-13-17(20(27)30-10-9-29-8)18(25-21(28)24-13)14-11-15(22(2,3)4)19(26)16(12-14)23(5,6)7/h11-12,17-18,26H,1,9-10H2,2-8H3,(H2,24,25,28)/t17-,18-/m1/s1. The summed E-state index contributed by atoms with van der Waals surface area (Å²) in [7, 11) is 1.52. The molecule has 3 N–H and O–H groups in total. The van der Waals surface area contributed by atoms with Crippen LogP contribution in [0.4, 0.5) is 4.79 Å². The fourth-order valence-corrected chi connectivity index (χ4v) is 3.53. The fraction of sp³-hybridized carbons (Fsp3) is 0.565. The lowest BCUT2D eigenvalue weighted by atomic mass is 9.76. The highest BCUT2D eigenvalue weighted by atomic mass is 16.6. The van der Waals surface area contributed by atoms with Gasteiger partial charge in [0.1, 0.15) is 18.3 Å². The molecule has 0 aromatic heterocycles. The van der Waals surface area contributed by atoms with E-state index in [4.69, 9.17) is 9.47 Å². The van der Waals surface area contributed by atoms with Gasteiger partial charge in [-0.05, 0) is 39.7 Å². The molecule has 1 fully saturated rings. The van der Waals surface area contributed by atoms with Crippen molar-refractivity contribution in [1.29, 1.82) is 0 Å². The fourth-order valence-electron chi connectivity index (χ4n) is 3.53. The van der Waals surface area contributed by atoms with Crippen molar-refractivity contribution in [1.82, 2.24) is 10.6 Å². The highest BCUT2D eigenvalue weighted by molar-refractivity contribution is 5.85. The van der Waals surface area contributed by atoms with Gasteiger partial charge < -0.3 is 25.2 Å². The number of urea groups is 1. The second kappa shape index (κ2) is 8.68. The summed E-state index contributed by atoms with van der Waals surface area (Å²) in [5, 5.41) is 16.4. The van der Waals surface area contributed by atoms with Gasteiger partial charge in [-0.3, -0.25) is 4.79 Å². The van der Waals surface area contributed by atoms with Crippen LogP contribution in [-0.2, 0) is 25.1 Å². The smallest absolute Gasteiger partial charge is 0.319 e. The summed E-state index contributed by atoms with van der Waals surface area (Å²) in [5.41, 5.74) is 1.79. The summed E-state index contributed by atoms with van der Waals surface area (Å²) in [6, 6.07) is 2.59. The Labute approximate surface area is 178 Å². The van der Waals surface area contributed by atoms with E-state index in [1.54, 1.807) is 0 Å². The van der Waals surface area contributed by atoms with Crippen LogP contribution in [0.5, 0.6) is 5.75 Å². The molecule has 1 aromatic carbocycles. The number of carbonyl (C=O) groups is 2. The quantitative estimate of drug-likeness (QED) is 0.501. The molecule has 0 aliphatic carbocycles. The first kappa shape index (κ1) is 23.7. The molecule has 2 atom stereocenters. The summed E-state index contributed by atoms with van der Waals surface area (Å²) >= 11 is 0. The Balaban J connectivity index is 2.60. The first-order chi connectivity index (χ1) is 13.8. The lowest BCUT2D eigenvalue weighted by Gasteiger charge is -2.35. The minimum absolute atomic E-state index is 0.107. The Bertz CT molecular complexity index is 798. The number of benzene rings is 1. The number of ether oxygens (including phenoxy) is 2. The van der Waals surface area contributed by atoms with Crippen LogP contribution in [-0.4, -0.2) is 37.4 Å². The summed E-state index contributed by atoms with van der Waals surface area (Å²) in [4.78, 5) is 25.0.